The molecule has 0 spiro atoms. The van der Waals surface area contributed by atoms with Crippen LogP contribution in [0.2, 0.25) is 0 Å². The van der Waals surface area contributed by atoms with Gasteiger partial charge in [-0.15, -0.1) is 0 Å². The molecule has 30 heavy (non-hydrogen) atoms. The number of nitro groups is 1. The molecule has 0 bridgehead atoms. The molecule has 0 unspecified atom stereocenters. The van der Waals surface area contributed by atoms with Crippen LogP contribution >= 0.6 is 11.3 Å². The van der Waals surface area contributed by atoms with Gasteiger partial charge in [0.05, 0.1) is 23.1 Å². The minimum Gasteiger partial charge on any atom is -0.490 e. The van der Waals surface area contributed by atoms with Gasteiger partial charge in [-0.2, -0.15) is 0 Å². The lowest BCUT2D eigenvalue weighted by Gasteiger charge is -2.03. The summed E-state index contributed by atoms with van der Waals surface area (Å²) in [6, 6.07) is 15.5. The van der Waals surface area contributed by atoms with Crippen molar-refractivity contribution in [2.45, 2.75) is 0 Å². The maximum atomic E-state index is 12.8. The number of hydrogen-bond acceptors (Lipinski definition) is 7. The number of fused-ring (bicyclic) bond motifs is 3. The molecule has 0 fully saturated rings. The largest absolute Gasteiger partial charge is 0.490 e. The van der Waals surface area contributed by atoms with Gasteiger partial charge >= 0.3 is 5.69 Å². The summed E-state index contributed by atoms with van der Waals surface area (Å²) >= 11 is 1.28. The molecular formula is C21H13N3O5S. The zero-order valence-corrected chi connectivity index (χ0v) is 16.4. The smallest absolute Gasteiger partial charge is 0.311 e. The minimum absolute atomic E-state index is 0.148. The second kappa shape index (κ2) is 6.82. The number of rotatable bonds is 4. The van der Waals surface area contributed by atoms with Gasteiger partial charge in [-0.05, 0) is 36.4 Å². The number of benzene rings is 2. The predicted molar refractivity (Wildman–Crippen MR) is 113 cm³/mol. The number of para-hydroxylation sites is 2. The van der Waals surface area contributed by atoms with Crippen LogP contribution in [0.25, 0.3) is 33.4 Å². The highest BCUT2D eigenvalue weighted by molar-refractivity contribution is 7.15. The highest BCUT2D eigenvalue weighted by atomic mass is 32.1. The Balaban J connectivity index is 1.57. The molecule has 148 valence electrons. The third kappa shape index (κ3) is 2.83. The van der Waals surface area contributed by atoms with Crippen LogP contribution in [0, 0.1) is 10.1 Å². The van der Waals surface area contributed by atoms with Gasteiger partial charge in [0.1, 0.15) is 16.1 Å². The molecular weight excluding hydrogens is 406 g/mol. The van der Waals surface area contributed by atoms with Crippen molar-refractivity contribution in [2.24, 2.45) is 0 Å². The maximum absolute atomic E-state index is 12.8. The van der Waals surface area contributed by atoms with Crippen molar-refractivity contribution in [1.29, 1.82) is 0 Å². The molecule has 8 nitrogen and oxygen atoms in total. The normalized spacial score (nSPS) is 12.1. The summed E-state index contributed by atoms with van der Waals surface area (Å²) in [5.41, 5.74) is 1.76. The topological polar surface area (TPSA) is 99.9 Å². The predicted octanol–water partition coefficient (Wildman–Crippen LogP) is 3.63. The molecule has 3 aromatic heterocycles. The van der Waals surface area contributed by atoms with Gasteiger partial charge in [-0.25, -0.2) is 9.38 Å². The first-order chi connectivity index (χ1) is 14.5. The number of nitrogens with zero attached hydrogens (tertiary/aromatic N) is 3. The van der Waals surface area contributed by atoms with Crippen LogP contribution in [-0.4, -0.2) is 21.4 Å². The number of methoxy groups -OCH3 is 1. The van der Waals surface area contributed by atoms with E-state index < -0.39 is 4.92 Å². The van der Waals surface area contributed by atoms with Crippen molar-refractivity contribution in [3.63, 3.8) is 0 Å². The Bertz CT molecular complexity index is 1550. The number of imidazole rings is 1. The summed E-state index contributed by atoms with van der Waals surface area (Å²) in [5.74, 6) is 1.09. The van der Waals surface area contributed by atoms with Crippen LogP contribution in [-0.2, 0) is 0 Å². The molecule has 0 aliphatic heterocycles. The van der Waals surface area contributed by atoms with E-state index in [1.165, 1.54) is 30.6 Å². The molecule has 2 aromatic carbocycles. The number of ether oxygens (including phenoxy) is 1. The average Bonchev–Trinajstić information content (AvgIpc) is 3.43. The Morgan fingerprint density at radius 2 is 2.03 bits per heavy atom. The van der Waals surface area contributed by atoms with Gasteiger partial charge in [-0.1, -0.05) is 23.5 Å². The van der Waals surface area contributed by atoms with Gasteiger partial charge in [0.25, 0.3) is 5.56 Å². The molecule has 5 rings (SSSR count). The lowest BCUT2D eigenvalue weighted by molar-refractivity contribution is -0.385. The molecule has 5 aromatic rings. The van der Waals surface area contributed by atoms with E-state index in [1.807, 2.05) is 24.3 Å². The van der Waals surface area contributed by atoms with Crippen molar-refractivity contribution < 1.29 is 14.1 Å². The summed E-state index contributed by atoms with van der Waals surface area (Å²) in [6.45, 7) is 0. The summed E-state index contributed by atoms with van der Waals surface area (Å²) in [7, 11) is 1.38. The minimum atomic E-state index is -0.506. The maximum Gasteiger partial charge on any atom is 0.311 e. The van der Waals surface area contributed by atoms with Gasteiger partial charge < -0.3 is 9.15 Å². The van der Waals surface area contributed by atoms with E-state index >= 15 is 0 Å². The van der Waals surface area contributed by atoms with Crippen molar-refractivity contribution in [2.75, 3.05) is 7.11 Å². The summed E-state index contributed by atoms with van der Waals surface area (Å²) in [5, 5.41) is 11.2. The van der Waals surface area contributed by atoms with E-state index in [-0.39, 0.29) is 17.0 Å². The third-order valence-corrected chi connectivity index (χ3v) is 5.67. The Kier molecular flexibility index (Phi) is 4.11. The lowest BCUT2D eigenvalue weighted by atomic mass is 10.1. The highest BCUT2D eigenvalue weighted by Crippen LogP contribution is 2.33. The van der Waals surface area contributed by atoms with Gasteiger partial charge in [0.2, 0.25) is 0 Å². The first kappa shape index (κ1) is 18.1. The van der Waals surface area contributed by atoms with Crippen molar-refractivity contribution in [3.05, 3.63) is 85.4 Å². The van der Waals surface area contributed by atoms with E-state index in [9.17, 15) is 14.9 Å². The molecule has 0 saturated heterocycles. The molecule has 9 heteroatoms. The Hall–Kier alpha value is -3.98. The molecule has 0 saturated carbocycles. The number of hydrogen-bond donors (Lipinski definition) is 0. The molecule has 0 atom stereocenters. The Morgan fingerprint density at radius 1 is 1.20 bits per heavy atom. The van der Waals surface area contributed by atoms with E-state index in [4.69, 9.17) is 9.15 Å². The average molecular weight is 419 g/mol. The second-order valence-corrected chi connectivity index (χ2v) is 7.49. The molecule has 0 amide bonds. The summed E-state index contributed by atoms with van der Waals surface area (Å²) in [4.78, 5) is 28.7. The molecule has 0 radical (unpaired) electrons. The van der Waals surface area contributed by atoms with Crippen molar-refractivity contribution in [3.8, 4) is 17.1 Å². The zero-order valence-electron chi connectivity index (χ0n) is 15.6. The number of furan rings is 1. The third-order valence-electron chi connectivity index (χ3n) is 4.71. The van der Waals surface area contributed by atoms with Gasteiger partial charge in [0.15, 0.2) is 10.7 Å². The van der Waals surface area contributed by atoms with E-state index in [0.29, 0.717) is 26.6 Å². The van der Waals surface area contributed by atoms with Crippen LogP contribution in [0.5, 0.6) is 5.75 Å². The van der Waals surface area contributed by atoms with Crippen LogP contribution in [0.3, 0.4) is 0 Å². The zero-order chi connectivity index (χ0) is 20.8. The van der Waals surface area contributed by atoms with Crippen molar-refractivity contribution in [1.82, 2.24) is 9.38 Å². The second-order valence-electron chi connectivity index (χ2n) is 6.48. The molecule has 0 aliphatic carbocycles. The summed E-state index contributed by atoms with van der Waals surface area (Å²) in [6.07, 6.45) is 1.65. The fourth-order valence-electron chi connectivity index (χ4n) is 3.31. The highest BCUT2D eigenvalue weighted by Gasteiger charge is 2.17. The summed E-state index contributed by atoms with van der Waals surface area (Å²) < 4.78 is 12.9. The number of thiazole rings is 1. The lowest BCUT2D eigenvalue weighted by Crippen LogP contribution is -2.22. The number of aromatic nitrogens is 2. The van der Waals surface area contributed by atoms with Crippen LogP contribution in [0.4, 0.5) is 5.69 Å². The quantitative estimate of drug-likeness (QED) is 0.326. The van der Waals surface area contributed by atoms with E-state index in [2.05, 4.69) is 4.98 Å². The Labute approximate surface area is 172 Å². The standard InChI is InChI=1S/C21H13N3O5S/c1-28-18-8-6-12(10-16(18)24(26)27)17-9-7-13(29-17)11-19-20(25)23-15-5-3-2-4-14(15)22-21(23)30-19/h2-11H,1H3/b19-11-. The molecule has 3 heterocycles. The first-order valence-corrected chi connectivity index (χ1v) is 9.71. The molecule has 0 N–H and O–H groups in total. The fraction of sp³-hybridized carbons (Fsp3) is 0.0476. The Morgan fingerprint density at radius 3 is 2.83 bits per heavy atom. The molecule has 0 aliphatic rings. The van der Waals surface area contributed by atoms with Gasteiger partial charge in [-0.3, -0.25) is 14.9 Å². The monoisotopic (exact) mass is 419 g/mol. The fourth-order valence-corrected chi connectivity index (χ4v) is 4.28. The van der Waals surface area contributed by atoms with Crippen molar-refractivity contribution >= 4 is 39.1 Å². The van der Waals surface area contributed by atoms with Crippen LogP contribution in [0.1, 0.15) is 5.76 Å². The van der Waals surface area contributed by atoms with E-state index in [1.54, 1.807) is 28.7 Å². The first-order valence-electron chi connectivity index (χ1n) is 8.89. The SMILES string of the molecule is COc1ccc(-c2ccc(/C=c3\sc4nc5ccccc5n4c3=O)o2)cc1[N+](=O)[O-]. The van der Waals surface area contributed by atoms with Crippen LogP contribution in [0.15, 0.2) is 63.8 Å². The number of nitro benzene ring substituents is 1. The van der Waals surface area contributed by atoms with E-state index in [0.717, 1.165) is 11.0 Å². The van der Waals surface area contributed by atoms with Crippen LogP contribution < -0.4 is 14.8 Å². The van der Waals surface area contributed by atoms with Gasteiger partial charge in [0, 0.05) is 17.7 Å².